The van der Waals surface area contributed by atoms with E-state index in [1.54, 1.807) is 12.0 Å². The monoisotopic (exact) mass is 340 g/mol. The number of hydrogen-bond acceptors (Lipinski definition) is 4. The SMILES string of the molecule is COC(CNC(=O)N1CCS(=O)(=O)CCC1C)c1ccccc1. The highest BCUT2D eigenvalue weighted by atomic mass is 32.2. The lowest BCUT2D eigenvalue weighted by atomic mass is 10.1. The Morgan fingerprint density at radius 3 is 2.70 bits per heavy atom. The van der Waals surface area contributed by atoms with Crippen LogP contribution in [-0.2, 0) is 14.6 Å². The standard InChI is InChI=1S/C16H24N2O4S/c1-13-8-10-23(20,21)11-9-18(13)16(19)17-12-15(22-2)14-6-4-3-5-7-14/h3-7,13,15H,8-12H2,1-2H3,(H,17,19). The van der Waals surface area contributed by atoms with Crippen LogP contribution in [0.4, 0.5) is 4.79 Å². The van der Waals surface area contributed by atoms with Gasteiger partial charge in [-0.1, -0.05) is 30.3 Å². The number of hydrogen-bond donors (Lipinski definition) is 1. The highest BCUT2D eigenvalue weighted by Crippen LogP contribution is 2.16. The van der Waals surface area contributed by atoms with Crippen LogP contribution in [0.1, 0.15) is 25.0 Å². The number of rotatable bonds is 4. The summed E-state index contributed by atoms with van der Waals surface area (Å²) in [4.78, 5) is 14.0. The van der Waals surface area contributed by atoms with Crippen LogP contribution in [0.2, 0.25) is 0 Å². The summed E-state index contributed by atoms with van der Waals surface area (Å²) in [6.45, 7) is 2.46. The predicted molar refractivity (Wildman–Crippen MR) is 89.0 cm³/mol. The summed E-state index contributed by atoms with van der Waals surface area (Å²) in [6, 6.07) is 9.32. The summed E-state index contributed by atoms with van der Waals surface area (Å²) in [6.07, 6.45) is 0.244. The lowest BCUT2D eigenvalue weighted by molar-refractivity contribution is 0.100. The fourth-order valence-corrected chi connectivity index (χ4v) is 4.03. The smallest absolute Gasteiger partial charge is 0.317 e. The van der Waals surface area contributed by atoms with Crippen molar-refractivity contribution in [1.29, 1.82) is 0 Å². The molecule has 0 aliphatic carbocycles. The summed E-state index contributed by atoms with van der Waals surface area (Å²) in [5.41, 5.74) is 0.988. The molecule has 2 unspecified atom stereocenters. The molecule has 1 aliphatic heterocycles. The molecule has 0 radical (unpaired) electrons. The third-order valence-electron chi connectivity index (χ3n) is 4.18. The van der Waals surface area contributed by atoms with Crippen LogP contribution in [0.5, 0.6) is 0 Å². The van der Waals surface area contributed by atoms with E-state index in [1.807, 2.05) is 37.3 Å². The molecule has 1 aliphatic rings. The van der Waals surface area contributed by atoms with E-state index in [9.17, 15) is 13.2 Å². The van der Waals surface area contributed by atoms with Crippen molar-refractivity contribution in [3.8, 4) is 0 Å². The Labute approximate surface area is 137 Å². The van der Waals surface area contributed by atoms with E-state index in [-0.39, 0.29) is 36.2 Å². The summed E-state index contributed by atoms with van der Waals surface area (Å²) >= 11 is 0. The average Bonchev–Trinajstić information content (AvgIpc) is 2.67. The Morgan fingerprint density at radius 1 is 1.35 bits per heavy atom. The number of carbonyl (C=O) groups is 1. The molecule has 2 rings (SSSR count). The molecule has 1 N–H and O–H groups in total. The van der Waals surface area contributed by atoms with Gasteiger partial charge < -0.3 is 15.0 Å². The van der Waals surface area contributed by atoms with Gasteiger partial charge in [0.25, 0.3) is 0 Å². The summed E-state index contributed by atoms with van der Waals surface area (Å²) < 4.78 is 28.8. The molecule has 1 aromatic rings. The molecule has 1 fully saturated rings. The Balaban J connectivity index is 1.95. The van der Waals surface area contributed by atoms with Crippen LogP contribution >= 0.6 is 0 Å². The van der Waals surface area contributed by atoms with Crippen LogP contribution in [0.3, 0.4) is 0 Å². The van der Waals surface area contributed by atoms with Crippen LogP contribution in [-0.4, -0.2) is 57.1 Å². The molecule has 7 heteroatoms. The third-order valence-corrected chi connectivity index (χ3v) is 5.84. The minimum absolute atomic E-state index is 0.0250. The number of methoxy groups -OCH3 is 1. The number of amides is 2. The fraction of sp³-hybridized carbons (Fsp3) is 0.562. The second kappa shape index (κ2) is 7.79. The maximum atomic E-state index is 12.4. The minimum Gasteiger partial charge on any atom is -0.375 e. The Morgan fingerprint density at radius 2 is 2.04 bits per heavy atom. The second-order valence-corrected chi connectivity index (χ2v) is 8.11. The molecular weight excluding hydrogens is 316 g/mol. The van der Waals surface area contributed by atoms with Gasteiger partial charge in [0.05, 0.1) is 17.6 Å². The van der Waals surface area contributed by atoms with E-state index in [1.165, 1.54) is 0 Å². The molecule has 0 saturated carbocycles. The molecule has 1 aromatic carbocycles. The molecule has 1 saturated heterocycles. The van der Waals surface area contributed by atoms with Crippen molar-refractivity contribution in [2.24, 2.45) is 0 Å². The van der Waals surface area contributed by atoms with Gasteiger partial charge in [0.15, 0.2) is 9.84 Å². The van der Waals surface area contributed by atoms with E-state index >= 15 is 0 Å². The quantitative estimate of drug-likeness (QED) is 0.903. The van der Waals surface area contributed by atoms with E-state index in [0.717, 1.165) is 5.56 Å². The van der Waals surface area contributed by atoms with Gasteiger partial charge in [0.1, 0.15) is 0 Å². The number of sulfone groups is 1. The molecule has 2 amide bonds. The lowest BCUT2D eigenvalue weighted by Gasteiger charge is -2.27. The number of ether oxygens (including phenoxy) is 1. The number of carbonyl (C=O) groups excluding carboxylic acids is 1. The first-order valence-corrected chi connectivity index (χ1v) is 9.57. The summed E-state index contributed by atoms with van der Waals surface area (Å²) in [5.74, 6) is 0.166. The normalized spacial score (nSPS) is 22.2. The molecule has 0 spiro atoms. The number of nitrogens with one attached hydrogen (secondary N) is 1. The molecular formula is C16H24N2O4S. The van der Waals surface area contributed by atoms with Crippen LogP contribution in [0, 0.1) is 0 Å². The van der Waals surface area contributed by atoms with Crippen molar-refractivity contribution in [2.75, 3.05) is 31.7 Å². The lowest BCUT2D eigenvalue weighted by Crippen LogP contribution is -2.46. The van der Waals surface area contributed by atoms with Crippen LogP contribution < -0.4 is 5.32 Å². The van der Waals surface area contributed by atoms with Gasteiger partial charge in [-0.25, -0.2) is 13.2 Å². The Hall–Kier alpha value is -1.60. The van der Waals surface area contributed by atoms with Crippen molar-refractivity contribution >= 4 is 15.9 Å². The van der Waals surface area contributed by atoms with Crippen molar-refractivity contribution in [3.63, 3.8) is 0 Å². The summed E-state index contributed by atoms with van der Waals surface area (Å²) in [7, 11) is -1.44. The molecule has 2 atom stereocenters. The largest absolute Gasteiger partial charge is 0.375 e. The average molecular weight is 340 g/mol. The van der Waals surface area contributed by atoms with Crippen LogP contribution in [0.15, 0.2) is 30.3 Å². The van der Waals surface area contributed by atoms with Gasteiger partial charge in [-0.2, -0.15) is 0 Å². The minimum atomic E-state index is -3.04. The predicted octanol–water partition coefficient (Wildman–Crippen LogP) is 1.59. The molecule has 1 heterocycles. The first-order valence-electron chi connectivity index (χ1n) is 7.75. The highest BCUT2D eigenvalue weighted by molar-refractivity contribution is 7.91. The zero-order chi connectivity index (χ0) is 16.9. The Kier molecular flexibility index (Phi) is 6.01. The number of urea groups is 1. The fourth-order valence-electron chi connectivity index (χ4n) is 2.65. The maximum absolute atomic E-state index is 12.4. The molecule has 128 valence electrons. The van der Waals surface area contributed by atoms with Gasteiger partial charge >= 0.3 is 6.03 Å². The Bertz CT molecular complexity index is 618. The molecule has 0 bridgehead atoms. The third kappa shape index (κ3) is 4.94. The molecule has 0 aromatic heterocycles. The van der Waals surface area contributed by atoms with Gasteiger partial charge in [-0.15, -0.1) is 0 Å². The first-order chi connectivity index (χ1) is 10.9. The van der Waals surface area contributed by atoms with E-state index in [4.69, 9.17) is 4.74 Å². The zero-order valence-corrected chi connectivity index (χ0v) is 14.4. The van der Waals surface area contributed by atoms with Gasteiger partial charge in [-0.3, -0.25) is 0 Å². The number of nitrogens with zero attached hydrogens (tertiary/aromatic N) is 1. The van der Waals surface area contributed by atoms with Gasteiger partial charge in [-0.05, 0) is 18.9 Å². The zero-order valence-electron chi connectivity index (χ0n) is 13.6. The molecule has 23 heavy (non-hydrogen) atoms. The van der Waals surface area contributed by atoms with Crippen molar-refractivity contribution in [1.82, 2.24) is 10.2 Å². The van der Waals surface area contributed by atoms with Crippen molar-refractivity contribution in [3.05, 3.63) is 35.9 Å². The van der Waals surface area contributed by atoms with E-state index in [2.05, 4.69) is 5.32 Å². The topological polar surface area (TPSA) is 75.7 Å². The van der Waals surface area contributed by atoms with Crippen molar-refractivity contribution in [2.45, 2.75) is 25.5 Å². The van der Waals surface area contributed by atoms with E-state index < -0.39 is 9.84 Å². The first kappa shape index (κ1) is 17.7. The molecule has 6 nitrogen and oxygen atoms in total. The summed E-state index contributed by atoms with van der Waals surface area (Å²) in [5, 5.41) is 2.85. The van der Waals surface area contributed by atoms with Gasteiger partial charge in [0, 0.05) is 26.2 Å². The highest BCUT2D eigenvalue weighted by Gasteiger charge is 2.28. The van der Waals surface area contributed by atoms with E-state index in [0.29, 0.717) is 13.0 Å². The maximum Gasteiger partial charge on any atom is 0.317 e. The second-order valence-electron chi connectivity index (χ2n) is 5.80. The van der Waals surface area contributed by atoms with Gasteiger partial charge in [0.2, 0.25) is 0 Å². The van der Waals surface area contributed by atoms with Crippen LogP contribution in [0.25, 0.3) is 0 Å². The number of benzene rings is 1. The van der Waals surface area contributed by atoms with Crippen molar-refractivity contribution < 1.29 is 17.9 Å².